The van der Waals surface area contributed by atoms with Crippen molar-refractivity contribution in [3.8, 4) is 11.6 Å². The Morgan fingerprint density at radius 1 is 1.20 bits per heavy atom. The SMILES string of the molecule is Cc1cc(C)c(Oc2cc(Cl)nc(C)n2)c([N+](=O)[O-])c1. The Morgan fingerprint density at radius 2 is 1.90 bits per heavy atom. The molecule has 1 heterocycles. The summed E-state index contributed by atoms with van der Waals surface area (Å²) < 4.78 is 5.54. The average Bonchev–Trinajstić information content (AvgIpc) is 2.30. The molecule has 0 atom stereocenters. The van der Waals surface area contributed by atoms with E-state index in [0.717, 1.165) is 5.56 Å². The third-order valence-electron chi connectivity index (χ3n) is 2.59. The highest BCUT2D eigenvalue weighted by atomic mass is 35.5. The van der Waals surface area contributed by atoms with Crippen molar-refractivity contribution in [3.63, 3.8) is 0 Å². The van der Waals surface area contributed by atoms with E-state index in [2.05, 4.69) is 9.97 Å². The van der Waals surface area contributed by atoms with Gasteiger partial charge in [-0.3, -0.25) is 10.1 Å². The zero-order valence-corrected chi connectivity index (χ0v) is 11.9. The number of hydrogen-bond donors (Lipinski definition) is 0. The second-order valence-electron chi connectivity index (χ2n) is 4.37. The molecule has 7 heteroatoms. The van der Waals surface area contributed by atoms with Crippen LogP contribution in [-0.2, 0) is 0 Å². The van der Waals surface area contributed by atoms with E-state index in [9.17, 15) is 10.1 Å². The first-order chi connectivity index (χ1) is 9.36. The summed E-state index contributed by atoms with van der Waals surface area (Å²) in [6, 6.07) is 4.67. The molecule has 2 rings (SSSR count). The Bertz CT molecular complexity index is 669. The zero-order chi connectivity index (χ0) is 14.9. The summed E-state index contributed by atoms with van der Waals surface area (Å²) in [6.07, 6.45) is 0. The predicted molar refractivity (Wildman–Crippen MR) is 74.4 cm³/mol. The van der Waals surface area contributed by atoms with Crippen LogP contribution in [0.1, 0.15) is 17.0 Å². The van der Waals surface area contributed by atoms with E-state index in [0.29, 0.717) is 11.4 Å². The number of rotatable bonds is 3. The first kappa shape index (κ1) is 14.2. The van der Waals surface area contributed by atoms with E-state index in [1.54, 1.807) is 26.8 Å². The van der Waals surface area contributed by atoms with Gasteiger partial charge in [-0.1, -0.05) is 17.7 Å². The number of aryl methyl sites for hydroxylation is 3. The molecule has 0 aliphatic heterocycles. The van der Waals surface area contributed by atoms with Gasteiger partial charge in [0.1, 0.15) is 11.0 Å². The molecule has 104 valence electrons. The third-order valence-corrected chi connectivity index (χ3v) is 2.78. The van der Waals surface area contributed by atoms with E-state index in [1.165, 1.54) is 12.1 Å². The van der Waals surface area contributed by atoms with Gasteiger partial charge in [-0.15, -0.1) is 0 Å². The van der Waals surface area contributed by atoms with Crippen LogP contribution in [0.3, 0.4) is 0 Å². The minimum atomic E-state index is -0.481. The topological polar surface area (TPSA) is 78.2 Å². The van der Waals surface area contributed by atoms with Crippen LogP contribution in [0.25, 0.3) is 0 Å². The van der Waals surface area contributed by atoms with Crippen molar-refractivity contribution in [1.82, 2.24) is 9.97 Å². The summed E-state index contributed by atoms with van der Waals surface area (Å²) in [5.74, 6) is 0.771. The van der Waals surface area contributed by atoms with E-state index in [4.69, 9.17) is 16.3 Å². The van der Waals surface area contributed by atoms with Crippen molar-refractivity contribution in [1.29, 1.82) is 0 Å². The minimum Gasteiger partial charge on any atom is -0.431 e. The molecule has 0 radical (unpaired) electrons. The standard InChI is InChI=1S/C13H12ClN3O3/c1-7-4-8(2)13(10(5-7)17(18)19)20-12-6-11(14)15-9(3)16-12/h4-6H,1-3H3. The lowest BCUT2D eigenvalue weighted by atomic mass is 10.1. The molecule has 0 bridgehead atoms. The molecule has 0 fully saturated rings. The summed E-state index contributed by atoms with van der Waals surface area (Å²) in [7, 11) is 0. The molecule has 0 saturated heterocycles. The summed E-state index contributed by atoms with van der Waals surface area (Å²) in [5.41, 5.74) is 1.34. The molecule has 0 unspecified atom stereocenters. The van der Waals surface area contributed by atoms with Gasteiger partial charge in [-0.25, -0.2) is 4.98 Å². The molecule has 1 aromatic carbocycles. The average molecular weight is 294 g/mol. The number of hydrogen-bond acceptors (Lipinski definition) is 5. The molecule has 0 saturated carbocycles. The van der Waals surface area contributed by atoms with Gasteiger partial charge in [0, 0.05) is 12.1 Å². The largest absolute Gasteiger partial charge is 0.431 e. The predicted octanol–water partition coefficient (Wildman–Crippen LogP) is 3.76. The molecule has 0 N–H and O–H groups in total. The summed E-state index contributed by atoms with van der Waals surface area (Å²) >= 11 is 5.82. The molecule has 2 aromatic rings. The number of nitro benzene ring substituents is 1. The van der Waals surface area contributed by atoms with Gasteiger partial charge in [0.05, 0.1) is 4.92 Å². The maximum absolute atomic E-state index is 11.1. The lowest BCUT2D eigenvalue weighted by Gasteiger charge is -2.09. The van der Waals surface area contributed by atoms with Crippen LogP contribution in [0.5, 0.6) is 11.6 Å². The molecule has 0 spiro atoms. The number of nitro groups is 1. The van der Waals surface area contributed by atoms with Gasteiger partial charge in [-0.2, -0.15) is 4.98 Å². The molecule has 6 nitrogen and oxygen atoms in total. The Kier molecular flexibility index (Phi) is 3.85. The Morgan fingerprint density at radius 3 is 2.50 bits per heavy atom. The number of ether oxygens (including phenoxy) is 1. The van der Waals surface area contributed by atoms with E-state index in [-0.39, 0.29) is 22.5 Å². The summed E-state index contributed by atoms with van der Waals surface area (Å²) in [4.78, 5) is 18.6. The maximum atomic E-state index is 11.1. The highest BCUT2D eigenvalue weighted by Gasteiger charge is 2.20. The maximum Gasteiger partial charge on any atom is 0.312 e. The first-order valence-corrected chi connectivity index (χ1v) is 6.19. The Labute approximate surface area is 120 Å². The molecular weight excluding hydrogens is 282 g/mol. The number of benzene rings is 1. The van der Waals surface area contributed by atoms with Crippen LogP contribution in [0.2, 0.25) is 5.15 Å². The normalized spacial score (nSPS) is 10.4. The third kappa shape index (κ3) is 3.03. The fourth-order valence-corrected chi connectivity index (χ4v) is 2.08. The fourth-order valence-electron chi connectivity index (χ4n) is 1.86. The van der Waals surface area contributed by atoms with Gasteiger partial charge in [0.2, 0.25) is 11.6 Å². The lowest BCUT2D eigenvalue weighted by Crippen LogP contribution is -1.99. The number of aromatic nitrogens is 2. The van der Waals surface area contributed by atoms with Gasteiger partial charge in [0.15, 0.2) is 0 Å². The van der Waals surface area contributed by atoms with Crippen LogP contribution in [0.4, 0.5) is 5.69 Å². The smallest absolute Gasteiger partial charge is 0.312 e. The van der Waals surface area contributed by atoms with Gasteiger partial charge < -0.3 is 4.74 Å². The molecular formula is C13H12ClN3O3. The van der Waals surface area contributed by atoms with Crippen molar-refractivity contribution in [2.24, 2.45) is 0 Å². The lowest BCUT2D eigenvalue weighted by molar-refractivity contribution is -0.385. The minimum absolute atomic E-state index is 0.102. The van der Waals surface area contributed by atoms with Gasteiger partial charge >= 0.3 is 5.69 Å². The molecule has 0 amide bonds. The van der Waals surface area contributed by atoms with Crippen molar-refractivity contribution in [3.05, 3.63) is 50.4 Å². The number of nitrogens with zero attached hydrogens (tertiary/aromatic N) is 3. The van der Waals surface area contributed by atoms with Crippen LogP contribution >= 0.6 is 11.6 Å². The molecule has 0 aliphatic rings. The van der Waals surface area contributed by atoms with E-state index >= 15 is 0 Å². The summed E-state index contributed by atoms with van der Waals surface area (Å²) in [5, 5.41) is 11.3. The van der Waals surface area contributed by atoms with Gasteiger partial charge in [0.25, 0.3) is 0 Å². The zero-order valence-electron chi connectivity index (χ0n) is 11.2. The van der Waals surface area contributed by atoms with Crippen molar-refractivity contribution < 1.29 is 9.66 Å². The molecule has 1 aromatic heterocycles. The van der Waals surface area contributed by atoms with Crippen LogP contribution in [0, 0.1) is 30.9 Å². The number of halogens is 1. The van der Waals surface area contributed by atoms with Crippen LogP contribution < -0.4 is 4.74 Å². The van der Waals surface area contributed by atoms with E-state index < -0.39 is 4.92 Å². The second-order valence-corrected chi connectivity index (χ2v) is 4.75. The van der Waals surface area contributed by atoms with Crippen molar-refractivity contribution in [2.45, 2.75) is 20.8 Å². The Hall–Kier alpha value is -2.21. The van der Waals surface area contributed by atoms with E-state index in [1.807, 2.05) is 0 Å². The summed E-state index contributed by atoms with van der Waals surface area (Å²) in [6.45, 7) is 5.19. The highest BCUT2D eigenvalue weighted by Crippen LogP contribution is 2.35. The first-order valence-electron chi connectivity index (χ1n) is 5.81. The van der Waals surface area contributed by atoms with Crippen LogP contribution in [0.15, 0.2) is 18.2 Å². The van der Waals surface area contributed by atoms with Crippen LogP contribution in [-0.4, -0.2) is 14.9 Å². The highest BCUT2D eigenvalue weighted by molar-refractivity contribution is 6.29. The second kappa shape index (κ2) is 5.42. The van der Waals surface area contributed by atoms with Gasteiger partial charge in [-0.05, 0) is 31.9 Å². The fraction of sp³-hybridized carbons (Fsp3) is 0.231. The van der Waals surface area contributed by atoms with Crippen molar-refractivity contribution >= 4 is 17.3 Å². The molecule has 0 aliphatic carbocycles. The molecule has 20 heavy (non-hydrogen) atoms. The quantitative estimate of drug-likeness (QED) is 0.489. The Balaban J connectivity index is 2.50. The van der Waals surface area contributed by atoms with Crippen molar-refractivity contribution in [2.75, 3.05) is 0 Å². The monoisotopic (exact) mass is 293 g/mol.